The lowest BCUT2D eigenvalue weighted by molar-refractivity contribution is 0.0648. The summed E-state index contributed by atoms with van der Waals surface area (Å²) in [6.07, 6.45) is 2.02. The zero-order valence-corrected chi connectivity index (χ0v) is 17.5. The van der Waals surface area contributed by atoms with Crippen LogP contribution in [0.15, 0.2) is 23.2 Å². The molecule has 1 heterocycles. The monoisotopic (exact) mass is 412 g/mol. The van der Waals surface area contributed by atoms with Crippen LogP contribution in [0.25, 0.3) is 0 Å². The van der Waals surface area contributed by atoms with E-state index in [1.54, 1.807) is 6.92 Å². The molecule has 6 nitrogen and oxygen atoms in total. The minimum Gasteiger partial charge on any atom is -0.493 e. The number of sulfone groups is 1. The Bertz CT molecular complexity index is 850. The molecule has 0 amide bonds. The van der Waals surface area contributed by atoms with Crippen molar-refractivity contribution in [3.8, 4) is 5.75 Å². The van der Waals surface area contributed by atoms with Crippen molar-refractivity contribution < 1.29 is 22.3 Å². The Kier molecular flexibility index (Phi) is 6.00. The molecule has 1 aliphatic heterocycles. The first-order valence-corrected chi connectivity index (χ1v) is 11.2. The van der Waals surface area contributed by atoms with E-state index in [1.165, 1.54) is 32.0 Å². The maximum absolute atomic E-state index is 14.8. The summed E-state index contributed by atoms with van der Waals surface area (Å²) in [4.78, 5) is 4.16. The van der Waals surface area contributed by atoms with Gasteiger partial charge in [0.25, 0.3) is 0 Å². The molecule has 2 atom stereocenters. The number of hydrogen-bond acceptors (Lipinski definition) is 6. The second-order valence-electron chi connectivity index (χ2n) is 8.17. The number of nitrogens with two attached hydrogens (primary N) is 1. The lowest BCUT2D eigenvalue weighted by Gasteiger charge is -2.32. The fourth-order valence-corrected chi connectivity index (χ4v) is 5.37. The molecule has 1 aromatic carbocycles. The molecule has 0 unspecified atom stereocenters. The van der Waals surface area contributed by atoms with E-state index in [1.807, 2.05) is 0 Å². The summed E-state index contributed by atoms with van der Waals surface area (Å²) < 4.78 is 51.8. The molecule has 2 aliphatic rings. The largest absolute Gasteiger partial charge is 0.493 e. The van der Waals surface area contributed by atoms with Crippen LogP contribution in [0.1, 0.15) is 50.8 Å². The van der Waals surface area contributed by atoms with Crippen LogP contribution in [0.5, 0.6) is 5.75 Å². The van der Waals surface area contributed by atoms with Gasteiger partial charge in [0.1, 0.15) is 22.1 Å². The quantitative estimate of drug-likeness (QED) is 0.821. The number of aliphatic imine (C=N–C) groups is 1. The van der Waals surface area contributed by atoms with Crippen molar-refractivity contribution in [2.45, 2.75) is 56.1 Å². The van der Waals surface area contributed by atoms with Crippen LogP contribution in [0.2, 0.25) is 0 Å². The Balaban J connectivity index is 2.03. The normalized spacial score (nSPS) is 27.6. The SMILES string of the molecule is C[C@@H]1C[C@H](c2cc(OCC3CC3)ccc2F)S(=O)(=O)C(C)(C)C(N)=NCCO1. The fourth-order valence-electron chi connectivity index (χ4n) is 3.26. The number of rotatable bonds is 4. The predicted molar refractivity (Wildman–Crippen MR) is 107 cm³/mol. The first kappa shape index (κ1) is 21.0. The molecule has 2 N–H and O–H groups in total. The number of amidine groups is 1. The molecule has 0 spiro atoms. The third kappa shape index (κ3) is 4.33. The average molecular weight is 413 g/mol. The van der Waals surface area contributed by atoms with Crippen molar-refractivity contribution in [1.29, 1.82) is 0 Å². The topological polar surface area (TPSA) is 91.0 Å². The summed E-state index contributed by atoms with van der Waals surface area (Å²) in [6.45, 7) is 6.01. The molecular formula is C20H29FN2O4S. The van der Waals surface area contributed by atoms with E-state index < -0.39 is 25.7 Å². The van der Waals surface area contributed by atoms with E-state index in [-0.39, 0.29) is 23.9 Å². The Morgan fingerprint density at radius 3 is 2.75 bits per heavy atom. The lowest BCUT2D eigenvalue weighted by Crippen LogP contribution is -2.48. The summed E-state index contributed by atoms with van der Waals surface area (Å²) in [7, 11) is -3.93. The van der Waals surface area contributed by atoms with E-state index in [0.717, 1.165) is 12.8 Å². The molecule has 156 valence electrons. The minimum absolute atomic E-state index is 0.0113. The van der Waals surface area contributed by atoms with Crippen LogP contribution < -0.4 is 10.5 Å². The van der Waals surface area contributed by atoms with Crippen LogP contribution in [0.3, 0.4) is 0 Å². The first-order chi connectivity index (χ1) is 13.1. The minimum atomic E-state index is -3.93. The second-order valence-corrected chi connectivity index (χ2v) is 10.8. The van der Waals surface area contributed by atoms with Crippen LogP contribution in [-0.2, 0) is 14.6 Å². The van der Waals surface area contributed by atoms with Crippen molar-refractivity contribution in [3.05, 3.63) is 29.6 Å². The molecule has 1 aromatic rings. The molecular weight excluding hydrogens is 383 g/mol. The first-order valence-electron chi connectivity index (χ1n) is 9.70. The Morgan fingerprint density at radius 2 is 2.07 bits per heavy atom. The molecule has 1 aliphatic carbocycles. The third-order valence-electron chi connectivity index (χ3n) is 5.52. The van der Waals surface area contributed by atoms with Crippen LogP contribution in [-0.4, -0.2) is 44.9 Å². The van der Waals surface area contributed by atoms with Gasteiger partial charge in [0.2, 0.25) is 0 Å². The van der Waals surface area contributed by atoms with Crippen LogP contribution in [0, 0.1) is 11.7 Å². The highest BCUT2D eigenvalue weighted by atomic mass is 32.2. The number of ether oxygens (including phenoxy) is 2. The van der Waals surface area contributed by atoms with Gasteiger partial charge in [0, 0.05) is 5.56 Å². The number of benzene rings is 1. The second kappa shape index (κ2) is 7.99. The summed E-state index contributed by atoms with van der Waals surface area (Å²) in [5.74, 6) is 0.443. The molecule has 0 saturated heterocycles. The molecule has 1 fully saturated rings. The van der Waals surface area contributed by atoms with Gasteiger partial charge >= 0.3 is 0 Å². The van der Waals surface area contributed by atoms with E-state index in [0.29, 0.717) is 31.4 Å². The molecule has 0 aromatic heterocycles. The third-order valence-corrected chi connectivity index (χ3v) is 8.35. The predicted octanol–water partition coefficient (Wildman–Crippen LogP) is 3.02. The summed E-state index contributed by atoms with van der Waals surface area (Å²) in [6, 6.07) is 4.30. The van der Waals surface area contributed by atoms with E-state index in [9.17, 15) is 12.8 Å². The van der Waals surface area contributed by atoms with Crippen molar-refractivity contribution >= 4 is 15.7 Å². The fraction of sp³-hybridized carbons (Fsp3) is 0.650. The molecule has 0 radical (unpaired) electrons. The van der Waals surface area contributed by atoms with Gasteiger partial charge in [0.05, 0.1) is 31.1 Å². The van der Waals surface area contributed by atoms with Gasteiger partial charge in [-0.05, 0) is 64.2 Å². The van der Waals surface area contributed by atoms with E-state index >= 15 is 0 Å². The summed E-state index contributed by atoms with van der Waals surface area (Å²) in [5, 5.41) is -1.12. The van der Waals surface area contributed by atoms with Gasteiger partial charge in [0.15, 0.2) is 9.84 Å². The van der Waals surface area contributed by atoms with Gasteiger partial charge < -0.3 is 15.2 Å². The maximum Gasteiger partial charge on any atom is 0.169 e. The van der Waals surface area contributed by atoms with Gasteiger partial charge in [-0.25, -0.2) is 12.8 Å². The molecule has 28 heavy (non-hydrogen) atoms. The summed E-state index contributed by atoms with van der Waals surface area (Å²) in [5.41, 5.74) is 6.09. The Labute approximate surface area is 166 Å². The zero-order chi connectivity index (χ0) is 20.5. The zero-order valence-electron chi connectivity index (χ0n) is 16.7. The van der Waals surface area contributed by atoms with Crippen molar-refractivity contribution in [2.24, 2.45) is 16.6 Å². The molecule has 3 rings (SSSR count). The Morgan fingerprint density at radius 1 is 1.36 bits per heavy atom. The van der Waals surface area contributed by atoms with Gasteiger partial charge in [-0.15, -0.1) is 0 Å². The highest BCUT2D eigenvalue weighted by Crippen LogP contribution is 2.39. The maximum atomic E-state index is 14.8. The molecule has 8 heteroatoms. The van der Waals surface area contributed by atoms with E-state index in [4.69, 9.17) is 15.2 Å². The number of halogens is 1. The van der Waals surface area contributed by atoms with Gasteiger partial charge in [-0.3, -0.25) is 4.99 Å². The van der Waals surface area contributed by atoms with Crippen LogP contribution >= 0.6 is 0 Å². The number of hydrogen-bond donors (Lipinski definition) is 1. The smallest absolute Gasteiger partial charge is 0.169 e. The highest BCUT2D eigenvalue weighted by Gasteiger charge is 2.46. The average Bonchev–Trinajstić information content (AvgIpc) is 3.46. The van der Waals surface area contributed by atoms with Crippen molar-refractivity contribution in [2.75, 3.05) is 19.8 Å². The lowest BCUT2D eigenvalue weighted by atomic mass is 10.1. The molecule has 1 saturated carbocycles. The van der Waals surface area contributed by atoms with Crippen molar-refractivity contribution in [1.82, 2.24) is 0 Å². The van der Waals surface area contributed by atoms with Gasteiger partial charge in [-0.1, -0.05) is 0 Å². The van der Waals surface area contributed by atoms with Crippen molar-refractivity contribution in [3.63, 3.8) is 0 Å². The summed E-state index contributed by atoms with van der Waals surface area (Å²) >= 11 is 0. The Hall–Kier alpha value is -1.67. The van der Waals surface area contributed by atoms with Gasteiger partial charge in [-0.2, -0.15) is 0 Å². The van der Waals surface area contributed by atoms with Crippen LogP contribution in [0.4, 0.5) is 4.39 Å². The highest BCUT2D eigenvalue weighted by molar-refractivity contribution is 7.93. The number of nitrogens with zero attached hydrogens (tertiary/aromatic N) is 1. The standard InChI is InChI=1S/C20H29FN2O4S/c1-13-10-18(28(24,25)20(2,3)19(22)23-8-9-26-13)16-11-15(6-7-17(16)21)27-12-14-4-5-14/h6-7,11,13-14,18H,4-5,8-10,12H2,1-3H3,(H2,22,23)/t13-,18-/m1/s1. The molecule has 0 bridgehead atoms. The van der Waals surface area contributed by atoms with E-state index in [2.05, 4.69) is 4.99 Å².